The fraction of sp³-hybridized carbons (Fsp3) is 0.500. The first-order valence-electron chi connectivity index (χ1n) is 6.01. The van der Waals surface area contributed by atoms with Crippen LogP contribution in [0.25, 0.3) is 0 Å². The highest BCUT2D eigenvalue weighted by Crippen LogP contribution is 2.27. The quantitative estimate of drug-likeness (QED) is 0.503. The molecule has 0 saturated carbocycles. The van der Waals surface area contributed by atoms with Gasteiger partial charge in [0.15, 0.2) is 23.3 Å². The molecule has 0 spiro atoms. The van der Waals surface area contributed by atoms with E-state index in [9.17, 15) is 22.0 Å². The lowest BCUT2D eigenvalue weighted by Gasteiger charge is -2.13. The van der Waals surface area contributed by atoms with Crippen molar-refractivity contribution in [3.8, 4) is 0 Å². The Morgan fingerprint density at radius 3 is 2.05 bits per heavy atom. The van der Waals surface area contributed by atoms with E-state index < -0.39 is 34.8 Å². The first-order chi connectivity index (χ1) is 9.02. The Morgan fingerprint density at radius 1 is 0.947 bits per heavy atom. The third-order valence-electron chi connectivity index (χ3n) is 3.17. The molecule has 0 unspecified atom stereocenters. The molecule has 1 aromatic carbocycles. The fourth-order valence-corrected chi connectivity index (χ4v) is 2.13. The molecule has 1 fully saturated rings. The molecule has 1 saturated heterocycles. The first-order valence-corrected chi connectivity index (χ1v) is 6.01. The van der Waals surface area contributed by atoms with Gasteiger partial charge in [-0.1, -0.05) is 0 Å². The summed E-state index contributed by atoms with van der Waals surface area (Å²) in [6, 6.07) is 0.216. The van der Waals surface area contributed by atoms with Gasteiger partial charge in [0.05, 0.1) is 0 Å². The van der Waals surface area contributed by atoms with E-state index in [-0.39, 0.29) is 12.6 Å². The smallest absolute Gasteiger partial charge is 0.200 e. The van der Waals surface area contributed by atoms with Crippen molar-refractivity contribution < 1.29 is 22.0 Å². The van der Waals surface area contributed by atoms with Gasteiger partial charge in [0.25, 0.3) is 0 Å². The number of nitrogens with one attached hydrogen (secondary N) is 2. The molecule has 0 aliphatic carbocycles. The maximum Gasteiger partial charge on any atom is 0.200 e. The van der Waals surface area contributed by atoms with Crippen LogP contribution < -0.4 is 10.6 Å². The zero-order valence-electron chi connectivity index (χ0n) is 10.0. The van der Waals surface area contributed by atoms with Crippen molar-refractivity contribution in [1.82, 2.24) is 5.32 Å². The van der Waals surface area contributed by atoms with Crippen molar-refractivity contribution in [2.24, 2.45) is 0 Å². The van der Waals surface area contributed by atoms with E-state index in [0.29, 0.717) is 6.42 Å². The van der Waals surface area contributed by atoms with Crippen LogP contribution in [0.3, 0.4) is 0 Å². The predicted octanol–water partition coefficient (Wildman–Crippen LogP) is 2.94. The molecule has 1 aliphatic heterocycles. The van der Waals surface area contributed by atoms with Crippen molar-refractivity contribution in [1.29, 1.82) is 0 Å². The number of anilines is 1. The molecule has 7 heteroatoms. The predicted molar refractivity (Wildman–Crippen MR) is 60.4 cm³/mol. The van der Waals surface area contributed by atoms with Gasteiger partial charge < -0.3 is 10.6 Å². The van der Waals surface area contributed by atoms with E-state index in [4.69, 9.17) is 0 Å². The maximum absolute atomic E-state index is 13.3. The van der Waals surface area contributed by atoms with Crippen LogP contribution in [0.4, 0.5) is 27.6 Å². The molecular weight excluding hydrogens is 267 g/mol. The Balaban J connectivity index is 2.07. The van der Waals surface area contributed by atoms with Gasteiger partial charge in [-0.15, -0.1) is 0 Å². The summed E-state index contributed by atoms with van der Waals surface area (Å²) >= 11 is 0. The summed E-state index contributed by atoms with van der Waals surface area (Å²) in [6.07, 6.45) is 2.52. The topological polar surface area (TPSA) is 24.1 Å². The number of benzene rings is 1. The minimum Gasteiger partial charge on any atom is -0.380 e. The Bertz CT molecular complexity index is 443. The second-order valence-corrected chi connectivity index (χ2v) is 4.45. The number of hydrogen-bond donors (Lipinski definition) is 2. The van der Waals surface area contributed by atoms with Gasteiger partial charge >= 0.3 is 0 Å². The molecule has 2 nitrogen and oxygen atoms in total. The average molecular weight is 280 g/mol. The zero-order valence-corrected chi connectivity index (χ0v) is 10.0. The molecule has 106 valence electrons. The van der Waals surface area contributed by atoms with E-state index in [0.717, 1.165) is 19.4 Å². The van der Waals surface area contributed by atoms with Crippen LogP contribution in [0.1, 0.15) is 19.3 Å². The third kappa shape index (κ3) is 2.80. The summed E-state index contributed by atoms with van der Waals surface area (Å²) in [5, 5.41) is 5.45. The SMILES string of the molecule is Fc1c(F)c(F)c(NCC[C@H]2CCCN2)c(F)c1F. The van der Waals surface area contributed by atoms with E-state index in [1.807, 2.05) is 0 Å². The standard InChI is InChI=1S/C12H13F5N2/c13-7-8(14)10(16)12(11(17)9(7)15)19-5-3-6-2-1-4-18-6/h6,18-19H,1-5H2/t6-/m1/s1. The summed E-state index contributed by atoms with van der Waals surface area (Å²) in [5.74, 6) is -9.65. The van der Waals surface area contributed by atoms with Crippen LogP contribution in [0.2, 0.25) is 0 Å². The minimum absolute atomic E-state index is 0.135. The van der Waals surface area contributed by atoms with Crippen molar-refractivity contribution in [3.05, 3.63) is 29.1 Å². The monoisotopic (exact) mass is 280 g/mol. The lowest BCUT2D eigenvalue weighted by atomic mass is 10.1. The third-order valence-corrected chi connectivity index (χ3v) is 3.17. The van der Waals surface area contributed by atoms with E-state index in [2.05, 4.69) is 10.6 Å². The van der Waals surface area contributed by atoms with Crippen LogP contribution in [0.5, 0.6) is 0 Å². The zero-order chi connectivity index (χ0) is 14.0. The van der Waals surface area contributed by atoms with Crippen molar-refractivity contribution in [3.63, 3.8) is 0 Å². The first kappa shape index (κ1) is 14.0. The second-order valence-electron chi connectivity index (χ2n) is 4.45. The molecule has 2 rings (SSSR count). The molecule has 0 aromatic heterocycles. The van der Waals surface area contributed by atoms with Crippen LogP contribution in [0, 0.1) is 29.1 Å². The van der Waals surface area contributed by atoms with Crippen molar-refractivity contribution in [2.45, 2.75) is 25.3 Å². The summed E-state index contributed by atoms with van der Waals surface area (Å²) < 4.78 is 65.2. The van der Waals surface area contributed by atoms with E-state index in [1.165, 1.54) is 0 Å². The molecule has 0 radical (unpaired) electrons. The van der Waals surface area contributed by atoms with Gasteiger partial charge in [-0.25, -0.2) is 22.0 Å². The van der Waals surface area contributed by atoms with E-state index >= 15 is 0 Å². The molecule has 1 atom stereocenters. The number of hydrogen-bond acceptors (Lipinski definition) is 2. The van der Waals surface area contributed by atoms with Gasteiger partial charge in [-0.05, 0) is 25.8 Å². The minimum atomic E-state index is -2.14. The fourth-order valence-electron chi connectivity index (χ4n) is 2.13. The average Bonchev–Trinajstić information content (AvgIpc) is 2.91. The number of rotatable bonds is 4. The highest BCUT2D eigenvalue weighted by Gasteiger charge is 2.25. The Morgan fingerprint density at radius 2 is 1.53 bits per heavy atom. The lowest BCUT2D eigenvalue weighted by Crippen LogP contribution is -2.24. The summed E-state index contributed by atoms with van der Waals surface area (Å²) in [4.78, 5) is 0. The Labute approximate surface area is 107 Å². The molecular formula is C12H13F5N2. The lowest BCUT2D eigenvalue weighted by molar-refractivity contribution is 0.381. The van der Waals surface area contributed by atoms with Crippen LogP contribution in [-0.2, 0) is 0 Å². The summed E-state index contributed by atoms with van der Waals surface area (Å²) in [7, 11) is 0. The van der Waals surface area contributed by atoms with Crippen molar-refractivity contribution >= 4 is 5.69 Å². The van der Waals surface area contributed by atoms with Gasteiger partial charge in [-0.3, -0.25) is 0 Å². The van der Waals surface area contributed by atoms with Crippen molar-refractivity contribution in [2.75, 3.05) is 18.4 Å². The molecule has 1 heterocycles. The number of halogens is 5. The molecule has 19 heavy (non-hydrogen) atoms. The molecule has 1 aromatic rings. The molecule has 2 N–H and O–H groups in total. The molecule has 0 bridgehead atoms. The van der Waals surface area contributed by atoms with Gasteiger partial charge in [0.2, 0.25) is 5.82 Å². The summed E-state index contributed by atoms with van der Waals surface area (Å²) in [5.41, 5.74) is -0.964. The molecule has 0 amide bonds. The Kier molecular flexibility index (Phi) is 4.24. The normalized spacial score (nSPS) is 18.9. The van der Waals surface area contributed by atoms with Gasteiger partial charge in [-0.2, -0.15) is 0 Å². The van der Waals surface area contributed by atoms with Crippen LogP contribution in [-0.4, -0.2) is 19.1 Å². The Hall–Kier alpha value is -1.37. The van der Waals surface area contributed by atoms with Gasteiger partial charge in [0.1, 0.15) is 5.69 Å². The molecule has 1 aliphatic rings. The highest BCUT2D eigenvalue weighted by atomic mass is 19.2. The van der Waals surface area contributed by atoms with E-state index in [1.54, 1.807) is 0 Å². The maximum atomic E-state index is 13.3. The largest absolute Gasteiger partial charge is 0.380 e. The van der Waals surface area contributed by atoms with Gasteiger partial charge in [0, 0.05) is 12.6 Å². The highest BCUT2D eigenvalue weighted by molar-refractivity contribution is 5.47. The second kappa shape index (κ2) is 5.73. The van der Waals surface area contributed by atoms with Crippen LogP contribution in [0.15, 0.2) is 0 Å². The summed E-state index contributed by atoms with van der Waals surface area (Å²) in [6.45, 7) is 1.02. The van der Waals surface area contributed by atoms with Crippen LogP contribution >= 0.6 is 0 Å².